The third-order valence-corrected chi connectivity index (χ3v) is 3.57. The van der Waals surface area contributed by atoms with E-state index >= 15 is 0 Å². The van der Waals surface area contributed by atoms with Crippen LogP contribution in [0.2, 0.25) is 0 Å². The minimum Gasteiger partial charge on any atom is -0.506 e. The molecule has 1 heterocycles. The van der Waals surface area contributed by atoms with E-state index in [9.17, 15) is 5.11 Å². The second-order valence-electron chi connectivity index (χ2n) is 3.95. The van der Waals surface area contributed by atoms with Crippen molar-refractivity contribution < 1.29 is 5.11 Å². The Hall–Kier alpha value is -0.830. The number of aromatic hydroxyl groups is 1. The number of nitrogens with one attached hydrogen (secondary N) is 1. The summed E-state index contributed by atoms with van der Waals surface area (Å²) >= 11 is 1.79. The van der Waals surface area contributed by atoms with E-state index in [-0.39, 0.29) is 5.54 Å². The van der Waals surface area contributed by atoms with Crippen molar-refractivity contribution >= 4 is 17.4 Å². The lowest BCUT2D eigenvalue weighted by molar-refractivity contribution is 0.472. The minimum atomic E-state index is 0.0660. The summed E-state index contributed by atoms with van der Waals surface area (Å²) in [5.41, 5.74) is 0.944. The second-order valence-corrected chi connectivity index (χ2v) is 4.97. The first-order valence-corrected chi connectivity index (χ1v) is 5.30. The molecule has 0 amide bonds. The van der Waals surface area contributed by atoms with Crippen LogP contribution in [0.4, 0.5) is 5.69 Å². The molecule has 0 atom stereocenters. The first-order chi connectivity index (χ1) is 6.08. The van der Waals surface area contributed by atoms with Gasteiger partial charge in [-0.3, -0.25) is 0 Å². The van der Waals surface area contributed by atoms with Crippen molar-refractivity contribution in [3.05, 3.63) is 18.2 Å². The number of para-hydroxylation sites is 1. The predicted octanol–water partition coefficient (Wildman–Crippen LogP) is 2.69. The largest absolute Gasteiger partial charge is 0.506 e. The van der Waals surface area contributed by atoms with Crippen LogP contribution in [0.25, 0.3) is 0 Å². The van der Waals surface area contributed by atoms with Crippen molar-refractivity contribution in [2.45, 2.75) is 24.3 Å². The van der Waals surface area contributed by atoms with E-state index in [1.165, 1.54) is 0 Å². The van der Waals surface area contributed by atoms with Gasteiger partial charge in [0.05, 0.1) is 5.69 Å². The number of benzene rings is 1. The van der Waals surface area contributed by atoms with Crippen LogP contribution in [0.1, 0.15) is 13.8 Å². The quantitative estimate of drug-likeness (QED) is 0.624. The van der Waals surface area contributed by atoms with Gasteiger partial charge < -0.3 is 10.4 Å². The highest BCUT2D eigenvalue weighted by Gasteiger charge is 2.26. The van der Waals surface area contributed by atoms with Crippen LogP contribution in [-0.2, 0) is 0 Å². The van der Waals surface area contributed by atoms with E-state index in [1.54, 1.807) is 17.8 Å². The number of phenols is 1. The summed E-state index contributed by atoms with van der Waals surface area (Å²) in [5.74, 6) is 1.38. The lowest BCUT2D eigenvalue weighted by Crippen LogP contribution is -2.36. The Morgan fingerprint density at radius 2 is 2.23 bits per heavy atom. The summed E-state index contributed by atoms with van der Waals surface area (Å²) in [7, 11) is 0. The van der Waals surface area contributed by atoms with Crippen LogP contribution < -0.4 is 5.32 Å². The van der Waals surface area contributed by atoms with Crippen molar-refractivity contribution in [1.82, 2.24) is 0 Å². The Morgan fingerprint density at radius 3 is 3.00 bits per heavy atom. The molecule has 0 aliphatic carbocycles. The molecule has 1 aromatic rings. The van der Waals surface area contributed by atoms with Crippen LogP contribution in [0.3, 0.4) is 0 Å². The van der Waals surface area contributed by atoms with Crippen LogP contribution in [0.5, 0.6) is 5.75 Å². The number of hydrogen-bond donors (Lipinski definition) is 2. The molecule has 13 heavy (non-hydrogen) atoms. The number of thioether (sulfide) groups is 1. The maximum absolute atomic E-state index is 9.61. The normalized spacial score (nSPS) is 18.9. The molecule has 2 nitrogen and oxygen atoms in total. The molecule has 0 unspecified atom stereocenters. The summed E-state index contributed by atoms with van der Waals surface area (Å²) < 4.78 is 0. The van der Waals surface area contributed by atoms with Crippen LogP contribution >= 0.6 is 11.8 Å². The van der Waals surface area contributed by atoms with Gasteiger partial charge in [0.2, 0.25) is 0 Å². The van der Waals surface area contributed by atoms with Crippen LogP contribution in [0.15, 0.2) is 23.1 Å². The molecular weight excluding hydrogens is 182 g/mol. The van der Waals surface area contributed by atoms with E-state index in [0.29, 0.717) is 5.75 Å². The highest BCUT2D eigenvalue weighted by molar-refractivity contribution is 7.99. The SMILES string of the molecule is CC1(C)CSc2cccc(O)c2N1. The van der Waals surface area contributed by atoms with Gasteiger partial charge in [0.25, 0.3) is 0 Å². The molecule has 1 aliphatic rings. The number of phenolic OH excluding ortho intramolecular Hbond substituents is 1. The molecule has 3 heteroatoms. The van der Waals surface area contributed by atoms with Gasteiger partial charge in [-0.25, -0.2) is 0 Å². The van der Waals surface area contributed by atoms with Gasteiger partial charge in [-0.05, 0) is 26.0 Å². The molecule has 0 spiro atoms. The van der Waals surface area contributed by atoms with Gasteiger partial charge >= 0.3 is 0 Å². The molecule has 0 saturated carbocycles. The van der Waals surface area contributed by atoms with Gasteiger partial charge in [-0.2, -0.15) is 0 Å². The standard InChI is InChI=1S/C10H13NOS/c1-10(2)6-13-8-5-3-4-7(12)9(8)11-10/h3-5,11-12H,6H2,1-2H3. The first-order valence-electron chi connectivity index (χ1n) is 4.31. The monoisotopic (exact) mass is 195 g/mol. The zero-order chi connectivity index (χ0) is 9.47. The molecule has 0 saturated heterocycles. The smallest absolute Gasteiger partial charge is 0.139 e. The van der Waals surface area contributed by atoms with Gasteiger partial charge in [0, 0.05) is 16.2 Å². The predicted molar refractivity (Wildman–Crippen MR) is 56.5 cm³/mol. The van der Waals surface area contributed by atoms with Crippen molar-refractivity contribution in [3.8, 4) is 5.75 Å². The molecular formula is C10H13NOS. The Morgan fingerprint density at radius 1 is 1.46 bits per heavy atom. The Labute approximate surface area is 82.4 Å². The van der Waals surface area contributed by atoms with Gasteiger partial charge in [-0.1, -0.05) is 6.07 Å². The third kappa shape index (κ3) is 1.61. The zero-order valence-corrected chi connectivity index (χ0v) is 8.61. The number of rotatable bonds is 0. The summed E-state index contributed by atoms with van der Waals surface area (Å²) in [5, 5.41) is 12.9. The molecule has 0 bridgehead atoms. The van der Waals surface area contributed by atoms with E-state index < -0.39 is 0 Å². The molecule has 1 aliphatic heterocycles. The summed E-state index contributed by atoms with van der Waals surface area (Å²) in [6.07, 6.45) is 0. The third-order valence-electron chi connectivity index (χ3n) is 2.06. The Balaban J connectivity index is 2.44. The van der Waals surface area contributed by atoms with E-state index in [1.807, 2.05) is 12.1 Å². The fourth-order valence-electron chi connectivity index (χ4n) is 1.40. The Bertz CT molecular complexity index is 336. The van der Waals surface area contributed by atoms with Crippen molar-refractivity contribution in [3.63, 3.8) is 0 Å². The lowest BCUT2D eigenvalue weighted by Gasteiger charge is -2.33. The van der Waals surface area contributed by atoms with E-state index in [0.717, 1.165) is 16.3 Å². The molecule has 1 aromatic carbocycles. The fraction of sp³-hybridized carbons (Fsp3) is 0.400. The Kier molecular flexibility index (Phi) is 1.91. The van der Waals surface area contributed by atoms with Crippen LogP contribution in [-0.4, -0.2) is 16.4 Å². The van der Waals surface area contributed by atoms with E-state index in [2.05, 4.69) is 19.2 Å². The van der Waals surface area contributed by atoms with Crippen molar-refractivity contribution in [1.29, 1.82) is 0 Å². The summed E-state index contributed by atoms with van der Waals surface area (Å²) in [6.45, 7) is 4.27. The minimum absolute atomic E-state index is 0.0660. The van der Waals surface area contributed by atoms with Gasteiger partial charge in [-0.15, -0.1) is 11.8 Å². The van der Waals surface area contributed by atoms with Gasteiger partial charge in [0.15, 0.2) is 0 Å². The maximum Gasteiger partial charge on any atom is 0.139 e. The fourth-order valence-corrected chi connectivity index (χ4v) is 2.46. The topological polar surface area (TPSA) is 32.3 Å². The highest BCUT2D eigenvalue weighted by Crippen LogP contribution is 2.41. The average Bonchev–Trinajstić information content (AvgIpc) is 2.06. The van der Waals surface area contributed by atoms with Crippen molar-refractivity contribution in [2.75, 3.05) is 11.1 Å². The number of fused-ring (bicyclic) bond motifs is 1. The maximum atomic E-state index is 9.61. The average molecular weight is 195 g/mol. The number of hydrogen-bond acceptors (Lipinski definition) is 3. The summed E-state index contributed by atoms with van der Waals surface area (Å²) in [6, 6.07) is 5.62. The molecule has 2 rings (SSSR count). The zero-order valence-electron chi connectivity index (χ0n) is 7.79. The molecule has 0 fully saturated rings. The molecule has 0 aromatic heterocycles. The van der Waals surface area contributed by atoms with Gasteiger partial charge in [0.1, 0.15) is 5.75 Å². The van der Waals surface area contributed by atoms with E-state index in [4.69, 9.17) is 0 Å². The van der Waals surface area contributed by atoms with Crippen LogP contribution in [0, 0.1) is 0 Å². The second kappa shape index (κ2) is 2.84. The molecule has 2 N–H and O–H groups in total. The first kappa shape index (κ1) is 8.75. The number of anilines is 1. The summed E-state index contributed by atoms with van der Waals surface area (Å²) in [4.78, 5) is 1.14. The van der Waals surface area contributed by atoms with Crippen molar-refractivity contribution in [2.24, 2.45) is 0 Å². The molecule has 70 valence electrons. The molecule has 0 radical (unpaired) electrons. The lowest BCUT2D eigenvalue weighted by atomic mass is 10.1. The highest BCUT2D eigenvalue weighted by atomic mass is 32.2.